The molecule has 0 aliphatic heterocycles. The number of nitrogens with two attached hydrogens (primary N) is 2. The van der Waals surface area contributed by atoms with E-state index in [1.165, 1.54) is 0 Å². The Kier molecular flexibility index (Phi) is 12.5. The van der Waals surface area contributed by atoms with Crippen LogP contribution in [0.3, 0.4) is 0 Å². The van der Waals surface area contributed by atoms with E-state index in [4.69, 9.17) is 11.5 Å². The van der Waals surface area contributed by atoms with Crippen molar-refractivity contribution < 1.29 is 29.1 Å². The topological polar surface area (TPSA) is 194 Å². The molecule has 0 aliphatic carbocycles. The summed E-state index contributed by atoms with van der Waals surface area (Å²) in [6.45, 7) is 10.7. The fourth-order valence-corrected chi connectivity index (χ4v) is 2.87. The number of hydrogen-bond acceptors (Lipinski definition) is 6. The monoisotopic (exact) mass is 457 g/mol. The summed E-state index contributed by atoms with van der Waals surface area (Å²) in [6.07, 6.45) is -0.142. The van der Waals surface area contributed by atoms with Crippen molar-refractivity contribution in [3.05, 3.63) is 0 Å². The number of aliphatic carboxylic acids is 1. The highest BCUT2D eigenvalue weighted by Crippen LogP contribution is 2.10. The molecule has 4 atom stereocenters. The summed E-state index contributed by atoms with van der Waals surface area (Å²) in [6, 6.07) is -4.08. The number of carbonyl (C=O) groups is 5. The lowest BCUT2D eigenvalue weighted by Gasteiger charge is -2.28. The Labute approximate surface area is 189 Å². The van der Waals surface area contributed by atoms with Gasteiger partial charge in [-0.2, -0.15) is 0 Å². The van der Waals surface area contributed by atoms with Gasteiger partial charge in [0.1, 0.15) is 18.1 Å². The largest absolute Gasteiger partial charge is 0.480 e. The number of rotatable bonds is 14. The van der Waals surface area contributed by atoms with Gasteiger partial charge in [-0.1, -0.05) is 41.5 Å². The first-order valence-corrected chi connectivity index (χ1v) is 10.8. The van der Waals surface area contributed by atoms with E-state index in [0.29, 0.717) is 0 Å². The van der Waals surface area contributed by atoms with Crippen molar-refractivity contribution >= 4 is 29.6 Å². The summed E-state index contributed by atoms with van der Waals surface area (Å²) >= 11 is 0. The van der Waals surface area contributed by atoms with Gasteiger partial charge in [-0.15, -0.1) is 0 Å². The van der Waals surface area contributed by atoms with E-state index in [-0.39, 0.29) is 37.0 Å². The molecule has 0 spiro atoms. The molecular weight excluding hydrogens is 418 g/mol. The van der Waals surface area contributed by atoms with Crippen LogP contribution in [0, 0.1) is 17.8 Å². The Morgan fingerprint density at radius 1 is 0.781 bits per heavy atom. The van der Waals surface area contributed by atoms with Crippen molar-refractivity contribution in [2.75, 3.05) is 0 Å². The van der Waals surface area contributed by atoms with Gasteiger partial charge in [-0.05, 0) is 30.6 Å². The third kappa shape index (κ3) is 10.6. The molecule has 0 unspecified atom stereocenters. The standard InChI is InChI=1S/C21H39N5O6/c1-10(2)9-14(18(28)24-13(21(31)32)7-8-15(22)27)25-20(30)17(12(5)6)26-19(29)16(23)11(3)4/h10-14,16-17H,7-9,23H2,1-6H3,(H2,22,27)(H,24,28)(H,25,30)(H,26,29)(H,31,32)/t13-,14-,16-,17-/m0/s1. The summed E-state index contributed by atoms with van der Waals surface area (Å²) in [5.74, 6) is -4.16. The van der Waals surface area contributed by atoms with Gasteiger partial charge in [0.05, 0.1) is 6.04 Å². The predicted octanol–water partition coefficient (Wildman–Crippen LogP) is -0.524. The Hall–Kier alpha value is -2.69. The van der Waals surface area contributed by atoms with Crippen LogP contribution in [0.25, 0.3) is 0 Å². The van der Waals surface area contributed by atoms with E-state index >= 15 is 0 Å². The van der Waals surface area contributed by atoms with Gasteiger partial charge in [-0.3, -0.25) is 19.2 Å². The molecule has 0 saturated carbocycles. The van der Waals surface area contributed by atoms with Crippen LogP contribution >= 0.6 is 0 Å². The fraction of sp³-hybridized carbons (Fsp3) is 0.762. The van der Waals surface area contributed by atoms with Crippen LogP contribution in [0.15, 0.2) is 0 Å². The minimum absolute atomic E-state index is 0.00130. The van der Waals surface area contributed by atoms with Crippen LogP contribution in [0.5, 0.6) is 0 Å². The van der Waals surface area contributed by atoms with Crippen molar-refractivity contribution in [3.63, 3.8) is 0 Å². The molecule has 32 heavy (non-hydrogen) atoms. The van der Waals surface area contributed by atoms with Gasteiger partial charge >= 0.3 is 5.97 Å². The SMILES string of the molecule is CC(C)C[C@H](NC(=O)[C@@H](NC(=O)[C@@H](N)C(C)C)C(C)C)C(=O)N[C@@H](CCC(N)=O)C(=O)O. The molecule has 184 valence electrons. The maximum atomic E-state index is 12.9. The summed E-state index contributed by atoms with van der Waals surface area (Å²) in [5, 5.41) is 16.9. The molecule has 0 aromatic heterocycles. The van der Waals surface area contributed by atoms with Crippen LogP contribution in [0.4, 0.5) is 0 Å². The second kappa shape index (κ2) is 13.7. The third-order valence-electron chi connectivity index (χ3n) is 4.90. The van der Waals surface area contributed by atoms with Gasteiger partial charge in [0, 0.05) is 6.42 Å². The quantitative estimate of drug-likeness (QED) is 0.202. The van der Waals surface area contributed by atoms with Gasteiger partial charge in [-0.25, -0.2) is 4.79 Å². The molecule has 0 radical (unpaired) electrons. The minimum atomic E-state index is -1.33. The van der Waals surface area contributed by atoms with Crippen molar-refractivity contribution in [2.45, 2.75) is 85.0 Å². The number of carboxylic acids is 1. The highest BCUT2D eigenvalue weighted by molar-refractivity contribution is 5.94. The Morgan fingerprint density at radius 3 is 1.72 bits per heavy atom. The fourth-order valence-electron chi connectivity index (χ4n) is 2.87. The van der Waals surface area contributed by atoms with E-state index in [1.54, 1.807) is 27.7 Å². The van der Waals surface area contributed by atoms with Gasteiger partial charge < -0.3 is 32.5 Å². The predicted molar refractivity (Wildman–Crippen MR) is 119 cm³/mol. The number of hydrogen-bond donors (Lipinski definition) is 6. The van der Waals surface area contributed by atoms with Crippen molar-refractivity contribution in [3.8, 4) is 0 Å². The summed E-state index contributed by atoms with van der Waals surface area (Å²) in [7, 11) is 0. The second-order valence-corrected chi connectivity index (χ2v) is 9.10. The van der Waals surface area contributed by atoms with Gasteiger partial charge in [0.15, 0.2) is 0 Å². The molecule has 0 fully saturated rings. The highest BCUT2D eigenvalue weighted by Gasteiger charge is 2.32. The average molecular weight is 458 g/mol. The van der Waals surface area contributed by atoms with E-state index in [1.807, 2.05) is 13.8 Å². The zero-order valence-corrected chi connectivity index (χ0v) is 19.8. The molecule has 11 heteroatoms. The number of carboxylic acid groups (broad SMARTS) is 1. The molecule has 0 rings (SSSR count). The van der Waals surface area contributed by atoms with E-state index < -0.39 is 53.8 Å². The molecule has 0 aliphatic rings. The van der Waals surface area contributed by atoms with Crippen LogP contribution in [0.2, 0.25) is 0 Å². The highest BCUT2D eigenvalue weighted by atomic mass is 16.4. The molecule has 0 bridgehead atoms. The van der Waals surface area contributed by atoms with Crippen molar-refractivity contribution in [1.29, 1.82) is 0 Å². The molecule has 0 aromatic carbocycles. The molecule has 11 nitrogen and oxygen atoms in total. The smallest absolute Gasteiger partial charge is 0.326 e. The average Bonchev–Trinajstić information content (AvgIpc) is 2.66. The van der Waals surface area contributed by atoms with E-state index in [2.05, 4.69) is 16.0 Å². The van der Waals surface area contributed by atoms with Crippen LogP contribution in [-0.2, 0) is 24.0 Å². The first kappa shape index (κ1) is 29.3. The third-order valence-corrected chi connectivity index (χ3v) is 4.90. The van der Waals surface area contributed by atoms with Crippen LogP contribution < -0.4 is 27.4 Å². The zero-order valence-electron chi connectivity index (χ0n) is 19.8. The van der Waals surface area contributed by atoms with E-state index in [9.17, 15) is 29.1 Å². The molecule has 0 heterocycles. The lowest BCUT2D eigenvalue weighted by molar-refractivity contribution is -0.142. The van der Waals surface area contributed by atoms with Crippen LogP contribution in [0.1, 0.15) is 60.8 Å². The Morgan fingerprint density at radius 2 is 1.31 bits per heavy atom. The number of carbonyl (C=O) groups excluding carboxylic acids is 4. The van der Waals surface area contributed by atoms with Gasteiger partial charge in [0.25, 0.3) is 0 Å². The minimum Gasteiger partial charge on any atom is -0.480 e. The molecule has 0 saturated heterocycles. The Bertz CT molecular complexity index is 680. The zero-order chi connectivity index (χ0) is 25.2. The van der Waals surface area contributed by atoms with Crippen LogP contribution in [-0.4, -0.2) is 58.9 Å². The number of nitrogens with one attached hydrogen (secondary N) is 3. The Balaban J connectivity index is 5.45. The van der Waals surface area contributed by atoms with Gasteiger partial charge in [0.2, 0.25) is 23.6 Å². The summed E-state index contributed by atoms with van der Waals surface area (Å²) < 4.78 is 0. The number of primary amides is 1. The molecule has 0 aromatic rings. The van der Waals surface area contributed by atoms with Crippen molar-refractivity contribution in [2.24, 2.45) is 29.2 Å². The lowest BCUT2D eigenvalue weighted by atomic mass is 9.98. The molecular formula is C21H39N5O6. The van der Waals surface area contributed by atoms with Crippen molar-refractivity contribution in [1.82, 2.24) is 16.0 Å². The number of amides is 4. The maximum Gasteiger partial charge on any atom is 0.326 e. The molecule has 4 amide bonds. The maximum absolute atomic E-state index is 12.9. The molecule has 8 N–H and O–H groups in total. The second-order valence-electron chi connectivity index (χ2n) is 9.10. The first-order valence-electron chi connectivity index (χ1n) is 10.8. The normalized spacial score (nSPS) is 15.1. The first-order chi connectivity index (χ1) is 14.7. The van der Waals surface area contributed by atoms with E-state index in [0.717, 1.165) is 0 Å². The summed E-state index contributed by atoms with van der Waals surface area (Å²) in [4.78, 5) is 60.5. The lowest BCUT2D eigenvalue weighted by Crippen LogP contribution is -2.59. The summed E-state index contributed by atoms with van der Waals surface area (Å²) in [5.41, 5.74) is 10.9.